The van der Waals surface area contributed by atoms with E-state index in [0.717, 1.165) is 26.9 Å². The molecule has 2 aromatic carbocycles. The first kappa shape index (κ1) is 21.1. The van der Waals surface area contributed by atoms with E-state index < -0.39 is 0 Å². The van der Waals surface area contributed by atoms with E-state index in [0.29, 0.717) is 15.9 Å². The van der Waals surface area contributed by atoms with E-state index in [4.69, 9.17) is 11.6 Å². The second kappa shape index (κ2) is 9.75. The number of nitrogens with zero attached hydrogens (tertiary/aromatic N) is 2. The quantitative estimate of drug-likeness (QED) is 0.310. The SMILES string of the molecule is Cc1ccc(Cc2cnc(NC(=O)CSc3nc(-c4ccc(Cl)cc4)cs3)s2)cc1. The highest BCUT2D eigenvalue weighted by atomic mass is 35.5. The minimum Gasteiger partial charge on any atom is -0.301 e. The fraction of sp³-hybridized carbons (Fsp3) is 0.136. The summed E-state index contributed by atoms with van der Waals surface area (Å²) in [6.45, 7) is 2.08. The predicted octanol–water partition coefficient (Wildman–Crippen LogP) is 6.55. The van der Waals surface area contributed by atoms with Crippen LogP contribution in [0.1, 0.15) is 16.0 Å². The van der Waals surface area contributed by atoms with E-state index in [1.165, 1.54) is 45.6 Å². The lowest BCUT2D eigenvalue weighted by atomic mass is 10.1. The van der Waals surface area contributed by atoms with Crippen LogP contribution in [0.15, 0.2) is 64.4 Å². The van der Waals surface area contributed by atoms with Gasteiger partial charge in [0.1, 0.15) is 0 Å². The van der Waals surface area contributed by atoms with Crippen LogP contribution in [0, 0.1) is 6.92 Å². The number of amides is 1. The predicted molar refractivity (Wildman–Crippen MR) is 128 cm³/mol. The van der Waals surface area contributed by atoms with Gasteiger partial charge < -0.3 is 5.32 Å². The summed E-state index contributed by atoms with van der Waals surface area (Å²) in [5.74, 6) is 0.208. The summed E-state index contributed by atoms with van der Waals surface area (Å²) < 4.78 is 0.856. The molecule has 8 heteroatoms. The van der Waals surface area contributed by atoms with E-state index in [1.54, 1.807) is 0 Å². The van der Waals surface area contributed by atoms with Gasteiger partial charge in [0.25, 0.3) is 0 Å². The van der Waals surface area contributed by atoms with Crippen LogP contribution < -0.4 is 5.32 Å². The Balaban J connectivity index is 1.28. The zero-order valence-electron chi connectivity index (χ0n) is 16.1. The summed E-state index contributed by atoms with van der Waals surface area (Å²) >= 11 is 10.4. The number of nitrogens with one attached hydrogen (secondary N) is 1. The maximum absolute atomic E-state index is 12.3. The molecule has 0 bridgehead atoms. The molecule has 4 rings (SSSR count). The largest absolute Gasteiger partial charge is 0.301 e. The van der Waals surface area contributed by atoms with Gasteiger partial charge in [0.05, 0.1) is 11.4 Å². The molecule has 0 fully saturated rings. The van der Waals surface area contributed by atoms with Crippen LogP contribution in [0.5, 0.6) is 0 Å². The van der Waals surface area contributed by atoms with Crippen molar-refractivity contribution >= 4 is 57.1 Å². The molecule has 0 aliphatic heterocycles. The summed E-state index contributed by atoms with van der Waals surface area (Å²) in [7, 11) is 0. The van der Waals surface area contributed by atoms with Crippen LogP contribution >= 0.6 is 46.0 Å². The number of aromatic nitrogens is 2. The van der Waals surface area contributed by atoms with Gasteiger partial charge >= 0.3 is 0 Å². The van der Waals surface area contributed by atoms with Gasteiger partial charge in [0, 0.05) is 33.5 Å². The zero-order valence-corrected chi connectivity index (χ0v) is 19.3. The second-order valence-electron chi connectivity index (χ2n) is 6.64. The van der Waals surface area contributed by atoms with Gasteiger partial charge in [-0.25, -0.2) is 9.97 Å². The molecule has 0 aliphatic rings. The first-order chi connectivity index (χ1) is 14.5. The first-order valence-electron chi connectivity index (χ1n) is 9.19. The van der Waals surface area contributed by atoms with Crippen molar-refractivity contribution < 1.29 is 4.79 Å². The third-order valence-corrected chi connectivity index (χ3v) is 7.43. The summed E-state index contributed by atoms with van der Waals surface area (Å²) in [5, 5.41) is 6.20. The van der Waals surface area contributed by atoms with Crippen LogP contribution in [0.3, 0.4) is 0 Å². The highest BCUT2D eigenvalue weighted by molar-refractivity contribution is 8.01. The summed E-state index contributed by atoms with van der Waals surface area (Å²) in [5.41, 5.74) is 4.38. The number of benzene rings is 2. The van der Waals surface area contributed by atoms with Crippen molar-refractivity contribution in [3.8, 4) is 11.3 Å². The molecule has 2 aromatic heterocycles. The number of halogens is 1. The molecule has 1 N–H and O–H groups in total. The van der Waals surface area contributed by atoms with Gasteiger partial charge in [-0.2, -0.15) is 0 Å². The van der Waals surface area contributed by atoms with Gasteiger partial charge in [-0.3, -0.25) is 4.79 Å². The minimum atomic E-state index is -0.0838. The topological polar surface area (TPSA) is 54.9 Å². The zero-order chi connectivity index (χ0) is 20.9. The molecule has 4 nitrogen and oxygen atoms in total. The maximum Gasteiger partial charge on any atom is 0.236 e. The maximum atomic E-state index is 12.3. The second-order valence-corrected chi connectivity index (χ2v) is 10.3. The number of carbonyl (C=O) groups is 1. The van der Waals surface area contributed by atoms with Gasteiger partial charge in [0.2, 0.25) is 5.91 Å². The average molecular weight is 472 g/mol. The Hall–Kier alpha value is -2.19. The Kier molecular flexibility index (Phi) is 6.84. The van der Waals surface area contributed by atoms with Crippen molar-refractivity contribution in [2.24, 2.45) is 0 Å². The van der Waals surface area contributed by atoms with Crippen LogP contribution in [0.25, 0.3) is 11.3 Å². The molecule has 0 aliphatic carbocycles. The molecule has 4 aromatic rings. The molecule has 152 valence electrons. The van der Waals surface area contributed by atoms with Crippen LogP contribution in [0.2, 0.25) is 5.02 Å². The molecule has 0 radical (unpaired) electrons. The summed E-state index contributed by atoms with van der Waals surface area (Å²) in [4.78, 5) is 22.3. The number of hydrogen-bond acceptors (Lipinski definition) is 6. The molecular weight excluding hydrogens is 454 g/mol. The van der Waals surface area contributed by atoms with Gasteiger partial charge in [-0.1, -0.05) is 65.3 Å². The normalized spacial score (nSPS) is 10.9. The Morgan fingerprint density at radius 2 is 1.90 bits per heavy atom. The highest BCUT2D eigenvalue weighted by Crippen LogP contribution is 2.29. The third-order valence-electron chi connectivity index (χ3n) is 4.25. The molecule has 0 atom stereocenters. The molecule has 30 heavy (non-hydrogen) atoms. The van der Waals surface area contributed by atoms with E-state index in [-0.39, 0.29) is 5.91 Å². The number of thioether (sulfide) groups is 1. The molecule has 2 heterocycles. The summed E-state index contributed by atoms with van der Waals surface area (Å²) in [6.07, 6.45) is 2.64. The van der Waals surface area contributed by atoms with Crippen molar-refractivity contribution in [2.75, 3.05) is 11.1 Å². The monoisotopic (exact) mass is 471 g/mol. The number of aryl methyl sites for hydroxylation is 1. The number of rotatable bonds is 7. The van der Waals surface area contributed by atoms with Crippen molar-refractivity contribution in [3.05, 3.63) is 81.1 Å². The van der Waals surface area contributed by atoms with E-state index in [2.05, 4.69) is 46.5 Å². The van der Waals surface area contributed by atoms with Gasteiger partial charge in [-0.15, -0.1) is 22.7 Å². The van der Waals surface area contributed by atoms with Crippen molar-refractivity contribution in [1.82, 2.24) is 9.97 Å². The molecule has 1 amide bonds. The fourth-order valence-corrected chi connectivity index (χ4v) is 5.34. The lowest BCUT2D eigenvalue weighted by Crippen LogP contribution is -2.13. The number of carbonyl (C=O) groups excluding carboxylic acids is 1. The Bertz CT molecular complexity index is 1140. The van der Waals surface area contributed by atoms with Crippen LogP contribution in [-0.2, 0) is 11.2 Å². The lowest BCUT2D eigenvalue weighted by molar-refractivity contribution is -0.113. The standard InChI is InChI=1S/C22H18ClN3OS3/c1-14-2-4-15(5-3-14)10-18-11-24-21(30-18)26-20(27)13-29-22-25-19(12-28-22)16-6-8-17(23)9-7-16/h2-9,11-12H,10,13H2,1H3,(H,24,26,27). The van der Waals surface area contributed by atoms with E-state index in [9.17, 15) is 4.79 Å². The van der Waals surface area contributed by atoms with Gasteiger partial charge in [0.15, 0.2) is 9.47 Å². The Morgan fingerprint density at radius 3 is 2.67 bits per heavy atom. The smallest absolute Gasteiger partial charge is 0.236 e. The Morgan fingerprint density at radius 1 is 1.13 bits per heavy atom. The molecule has 0 spiro atoms. The number of thiazole rings is 2. The van der Waals surface area contributed by atoms with Crippen LogP contribution in [0.4, 0.5) is 5.13 Å². The van der Waals surface area contributed by atoms with E-state index >= 15 is 0 Å². The van der Waals surface area contributed by atoms with Crippen molar-refractivity contribution in [3.63, 3.8) is 0 Å². The molecule has 0 saturated carbocycles. The molecular formula is C22H18ClN3OS3. The summed E-state index contributed by atoms with van der Waals surface area (Å²) in [6, 6.07) is 16.0. The highest BCUT2D eigenvalue weighted by Gasteiger charge is 2.11. The van der Waals surface area contributed by atoms with Crippen molar-refractivity contribution in [1.29, 1.82) is 0 Å². The molecule has 0 saturated heterocycles. The Labute approximate surface area is 192 Å². The average Bonchev–Trinajstić information content (AvgIpc) is 3.38. The lowest BCUT2D eigenvalue weighted by Gasteiger charge is -2.00. The number of anilines is 1. The fourth-order valence-electron chi connectivity index (χ4n) is 2.71. The number of hydrogen-bond donors (Lipinski definition) is 1. The minimum absolute atomic E-state index is 0.0838. The van der Waals surface area contributed by atoms with Gasteiger partial charge in [-0.05, 0) is 24.6 Å². The van der Waals surface area contributed by atoms with Crippen LogP contribution in [-0.4, -0.2) is 21.6 Å². The third kappa shape index (κ3) is 5.70. The van der Waals surface area contributed by atoms with Crippen molar-refractivity contribution in [2.45, 2.75) is 17.7 Å². The first-order valence-corrected chi connectivity index (χ1v) is 12.3. The van der Waals surface area contributed by atoms with E-state index in [1.807, 2.05) is 35.8 Å². The molecule has 0 unspecified atom stereocenters.